The van der Waals surface area contributed by atoms with E-state index in [9.17, 15) is 9.18 Å². The largest absolute Gasteiger partial charge is 0.481 e. The first-order valence-corrected chi connectivity index (χ1v) is 4.81. The molecule has 1 aromatic rings. The molecule has 0 saturated carbocycles. The number of benzene rings is 1. The molecular formula is C11H14BFO2. The van der Waals surface area contributed by atoms with Gasteiger partial charge in [0.05, 0.1) is 6.42 Å². The second-order valence-corrected chi connectivity index (χ2v) is 4.41. The number of aliphatic carboxylic acids is 1. The van der Waals surface area contributed by atoms with Crippen molar-refractivity contribution in [1.82, 2.24) is 0 Å². The zero-order valence-corrected chi connectivity index (χ0v) is 9.17. The van der Waals surface area contributed by atoms with Gasteiger partial charge in [0.2, 0.25) is 0 Å². The number of carboxylic acid groups (broad SMARTS) is 1. The van der Waals surface area contributed by atoms with E-state index in [0.717, 1.165) is 11.0 Å². The minimum absolute atomic E-state index is 0.0411. The van der Waals surface area contributed by atoms with Crippen molar-refractivity contribution in [3.05, 3.63) is 29.6 Å². The van der Waals surface area contributed by atoms with Gasteiger partial charge in [0.15, 0.2) is 0 Å². The quantitative estimate of drug-likeness (QED) is 0.747. The molecule has 0 atom stereocenters. The van der Waals surface area contributed by atoms with Crippen LogP contribution in [0.25, 0.3) is 0 Å². The van der Waals surface area contributed by atoms with Gasteiger partial charge in [-0.25, -0.2) is 4.39 Å². The summed E-state index contributed by atoms with van der Waals surface area (Å²) in [7, 11) is 1.79. The Hall–Kier alpha value is -1.32. The first-order chi connectivity index (χ1) is 6.83. The summed E-state index contributed by atoms with van der Waals surface area (Å²) in [5.74, 6) is -1.13. The molecule has 0 spiro atoms. The third kappa shape index (κ3) is 2.81. The predicted octanol–water partition coefficient (Wildman–Crippen LogP) is 0.836. The second-order valence-electron chi connectivity index (χ2n) is 4.41. The summed E-state index contributed by atoms with van der Waals surface area (Å²) >= 11 is 0. The average Bonchev–Trinajstić information content (AvgIpc) is 1.99. The minimum Gasteiger partial charge on any atom is -0.481 e. The predicted molar refractivity (Wildman–Crippen MR) is 59.9 cm³/mol. The van der Waals surface area contributed by atoms with Crippen molar-refractivity contribution in [3.63, 3.8) is 0 Å². The normalized spacial score (nSPS) is 11.4. The monoisotopic (exact) mass is 208 g/mol. The molecule has 15 heavy (non-hydrogen) atoms. The van der Waals surface area contributed by atoms with Crippen molar-refractivity contribution in [1.29, 1.82) is 0 Å². The van der Waals surface area contributed by atoms with Crippen LogP contribution in [0.4, 0.5) is 4.39 Å². The first-order valence-electron chi connectivity index (χ1n) is 4.81. The van der Waals surface area contributed by atoms with Gasteiger partial charge in [-0.15, -0.1) is 0 Å². The lowest BCUT2D eigenvalue weighted by molar-refractivity contribution is -0.138. The maximum Gasteiger partial charge on any atom is 0.304 e. The molecule has 1 rings (SSSR count). The summed E-state index contributed by atoms with van der Waals surface area (Å²) in [6.07, 6.45) is 0.0411. The van der Waals surface area contributed by atoms with Gasteiger partial charge in [-0.2, -0.15) is 0 Å². The molecule has 0 aliphatic heterocycles. The standard InChI is InChI=1S/C11H14BFO2/c1-11(2,6-10(14)15)8-4-3-7(13)5-9(8)12/h3-5H,6,12H2,1-2H3,(H,14,15). The summed E-state index contributed by atoms with van der Waals surface area (Å²) in [4.78, 5) is 10.7. The Bertz CT molecular complexity index is 388. The van der Waals surface area contributed by atoms with Crippen molar-refractivity contribution in [2.45, 2.75) is 25.7 Å². The van der Waals surface area contributed by atoms with Crippen molar-refractivity contribution < 1.29 is 14.3 Å². The Morgan fingerprint density at radius 2 is 2.13 bits per heavy atom. The topological polar surface area (TPSA) is 37.3 Å². The molecule has 0 aliphatic rings. The fourth-order valence-electron chi connectivity index (χ4n) is 1.86. The molecule has 0 fully saturated rings. The smallest absolute Gasteiger partial charge is 0.304 e. The Balaban J connectivity index is 3.09. The lowest BCUT2D eigenvalue weighted by Gasteiger charge is -2.25. The Labute approximate surface area is 89.5 Å². The average molecular weight is 208 g/mol. The van der Waals surface area contributed by atoms with Crippen molar-refractivity contribution in [3.8, 4) is 0 Å². The van der Waals surface area contributed by atoms with Gasteiger partial charge in [-0.05, 0) is 23.1 Å². The van der Waals surface area contributed by atoms with Crippen LogP contribution in [0.1, 0.15) is 25.8 Å². The Morgan fingerprint density at radius 1 is 1.53 bits per heavy atom. The highest BCUT2D eigenvalue weighted by Crippen LogP contribution is 2.25. The summed E-state index contributed by atoms with van der Waals surface area (Å²) in [6, 6.07) is 4.46. The van der Waals surface area contributed by atoms with Crippen molar-refractivity contribution in [2.24, 2.45) is 0 Å². The van der Waals surface area contributed by atoms with Crippen LogP contribution in [-0.4, -0.2) is 18.9 Å². The number of halogens is 1. The molecule has 0 saturated heterocycles. The van der Waals surface area contributed by atoms with Gasteiger partial charge in [-0.3, -0.25) is 4.79 Å². The highest BCUT2D eigenvalue weighted by molar-refractivity contribution is 6.33. The van der Waals surface area contributed by atoms with Crippen LogP contribution in [0, 0.1) is 5.82 Å². The van der Waals surface area contributed by atoms with E-state index in [4.69, 9.17) is 5.11 Å². The third-order valence-electron chi connectivity index (χ3n) is 2.51. The van der Waals surface area contributed by atoms with Crippen LogP contribution in [0.15, 0.2) is 18.2 Å². The molecular weight excluding hydrogens is 194 g/mol. The fourth-order valence-corrected chi connectivity index (χ4v) is 1.86. The van der Waals surface area contributed by atoms with Crippen LogP contribution in [-0.2, 0) is 10.2 Å². The molecule has 0 heterocycles. The van der Waals surface area contributed by atoms with E-state index in [2.05, 4.69) is 0 Å². The summed E-state index contributed by atoms with van der Waals surface area (Å²) < 4.78 is 12.9. The van der Waals surface area contributed by atoms with Gasteiger partial charge in [0.1, 0.15) is 13.7 Å². The van der Waals surface area contributed by atoms with Gasteiger partial charge in [0, 0.05) is 0 Å². The summed E-state index contributed by atoms with van der Waals surface area (Å²) in [6.45, 7) is 3.70. The van der Waals surface area contributed by atoms with E-state index in [1.807, 2.05) is 13.8 Å². The molecule has 0 bridgehead atoms. The Morgan fingerprint density at radius 3 is 2.60 bits per heavy atom. The zero-order valence-electron chi connectivity index (χ0n) is 9.17. The number of hydrogen-bond donors (Lipinski definition) is 1. The molecule has 1 N–H and O–H groups in total. The van der Waals surface area contributed by atoms with E-state index >= 15 is 0 Å². The van der Waals surface area contributed by atoms with E-state index in [0.29, 0.717) is 0 Å². The van der Waals surface area contributed by atoms with E-state index in [1.165, 1.54) is 12.1 Å². The number of rotatable bonds is 3. The van der Waals surface area contributed by atoms with Crippen LogP contribution in [0.2, 0.25) is 0 Å². The molecule has 0 aliphatic carbocycles. The van der Waals surface area contributed by atoms with E-state index in [-0.39, 0.29) is 12.2 Å². The van der Waals surface area contributed by atoms with E-state index in [1.54, 1.807) is 13.9 Å². The maximum atomic E-state index is 12.9. The number of hydrogen-bond acceptors (Lipinski definition) is 1. The second kappa shape index (κ2) is 4.05. The van der Waals surface area contributed by atoms with E-state index < -0.39 is 11.4 Å². The van der Waals surface area contributed by atoms with Crippen LogP contribution < -0.4 is 5.46 Å². The summed E-state index contributed by atoms with van der Waals surface area (Å²) in [5, 5.41) is 8.78. The minimum atomic E-state index is -0.844. The van der Waals surface area contributed by atoms with Crippen molar-refractivity contribution in [2.75, 3.05) is 0 Å². The van der Waals surface area contributed by atoms with Crippen LogP contribution in [0.3, 0.4) is 0 Å². The van der Waals surface area contributed by atoms with Crippen LogP contribution >= 0.6 is 0 Å². The lowest BCUT2D eigenvalue weighted by Crippen LogP contribution is -2.28. The first kappa shape index (κ1) is 11.8. The molecule has 0 aromatic heterocycles. The van der Waals surface area contributed by atoms with Gasteiger partial charge < -0.3 is 5.11 Å². The molecule has 2 nitrogen and oxygen atoms in total. The zero-order chi connectivity index (χ0) is 11.6. The molecule has 0 amide bonds. The molecule has 4 heteroatoms. The number of carboxylic acids is 1. The third-order valence-corrected chi connectivity index (χ3v) is 2.51. The van der Waals surface area contributed by atoms with Gasteiger partial charge >= 0.3 is 5.97 Å². The highest BCUT2D eigenvalue weighted by Gasteiger charge is 2.25. The van der Waals surface area contributed by atoms with Gasteiger partial charge in [0.25, 0.3) is 0 Å². The Kier molecular flexibility index (Phi) is 3.17. The van der Waals surface area contributed by atoms with Gasteiger partial charge in [-0.1, -0.05) is 25.4 Å². The lowest BCUT2D eigenvalue weighted by atomic mass is 9.74. The molecule has 80 valence electrons. The molecule has 0 radical (unpaired) electrons. The fraction of sp³-hybridized carbons (Fsp3) is 0.364. The van der Waals surface area contributed by atoms with Crippen molar-refractivity contribution >= 4 is 19.3 Å². The molecule has 0 unspecified atom stereocenters. The van der Waals surface area contributed by atoms with Crippen LogP contribution in [0.5, 0.6) is 0 Å². The molecule has 1 aromatic carbocycles. The summed E-state index contributed by atoms with van der Waals surface area (Å²) in [5.41, 5.74) is 1.21. The number of carbonyl (C=O) groups is 1. The maximum absolute atomic E-state index is 12.9. The highest BCUT2D eigenvalue weighted by atomic mass is 19.1. The SMILES string of the molecule is Bc1cc(F)ccc1C(C)(C)CC(=O)O.